The first-order valence-corrected chi connectivity index (χ1v) is 12.9. The first kappa shape index (κ1) is 24.7. The van der Waals surface area contributed by atoms with E-state index in [0.29, 0.717) is 12.8 Å². The maximum atomic E-state index is 13.3. The quantitative estimate of drug-likeness (QED) is 0.653. The fourth-order valence-corrected chi connectivity index (χ4v) is 6.18. The molecule has 10 heteroatoms. The van der Waals surface area contributed by atoms with Gasteiger partial charge in [0, 0.05) is 31.7 Å². The van der Waals surface area contributed by atoms with Crippen molar-refractivity contribution in [2.45, 2.75) is 57.0 Å². The second-order valence-electron chi connectivity index (χ2n) is 10.1. The van der Waals surface area contributed by atoms with Crippen molar-refractivity contribution in [3.05, 3.63) is 76.0 Å². The smallest absolute Gasteiger partial charge is 0.264 e. The normalized spacial score (nSPS) is 21.3. The van der Waals surface area contributed by atoms with Gasteiger partial charge in [0.05, 0.1) is 17.4 Å². The van der Waals surface area contributed by atoms with Crippen molar-refractivity contribution in [3.8, 4) is 0 Å². The van der Waals surface area contributed by atoms with Crippen LogP contribution < -0.4 is 16.2 Å². The highest BCUT2D eigenvalue weighted by Gasteiger charge is 2.38. The zero-order valence-electron chi connectivity index (χ0n) is 20.2. The molecule has 0 radical (unpaired) electrons. The van der Waals surface area contributed by atoms with E-state index in [-0.39, 0.29) is 28.3 Å². The maximum Gasteiger partial charge on any atom is 0.264 e. The van der Waals surface area contributed by atoms with Crippen molar-refractivity contribution < 1.29 is 18.0 Å². The summed E-state index contributed by atoms with van der Waals surface area (Å²) in [5, 5.41) is 5.49. The third-order valence-corrected chi connectivity index (χ3v) is 8.32. The van der Waals surface area contributed by atoms with Crippen molar-refractivity contribution in [2.75, 3.05) is 0 Å². The van der Waals surface area contributed by atoms with E-state index in [1.165, 1.54) is 29.1 Å². The molecule has 2 aliphatic rings. The van der Waals surface area contributed by atoms with Gasteiger partial charge in [-0.3, -0.25) is 18.7 Å². The Morgan fingerprint density at radius 1 is 1.20 bits per heavy atom. The molecule has 2 amide bonds. The van der Waals surface area contributed by atoms with E-state index in [4.69, 9.17) is 0 Å². The van der Waals surface area contributed by atoms with Gasteiger partial charge in [-0.1, -0.05) is 31.5 Å². The van der Waals surface area contributed by atoms with Crippen molar-refractivity contribution in [1.29, 1.82) is 0 Å². The Hall–Kier alpha value is -3.40. The van der Waals surface area contributed by atoms with Crippen molar-refractivity contribution in [1.82, 2.24) is 19.5 Å². The summed E-state index contributed by atoms with van der Waals surface area (Å²) in [7, 11) is -2.39. The minimum atomic E-state index is -4.05. The number of hydrogen-bond acceptors (Lipinski definition) is 5. The lowest BCUT2D eigenvalue weighted by Crippen LogP contribution is -2.51. The Labute approximate surface area is 204 Å². The lowest BCUT2D eigenvalue weighted by molar-refractivity contribution is -0.130. The molecule has 2 atom stereocenters. The van der Waals surface area contributed by atoms with Crippen LogP contribution in [0.1, 0.15) is 49.4 Å². The molecule has 9 nitrogen and oxygen atoms in total. The number of nitrogens with zero attached hydrogens (tertiary/aromatic N) is 2. The first-order valence-electron chi connectivity index (χ1n) is 11.4. The highest BCUT2D eigenvalue weighted by molar-refractivity contribution is 7.89. The summed E-state index contributed by atoms with van der Waals surface area (Å²) in [6, 6.07) is 6.32. The van der Waals surface area contributed by atoms with Crippen LogP contribution in [0.3, 0.4) is 0 Å². The number of carbonyl (C=O) groups excluding carboxylic acids is 2. The summed E-state index contributed by atoms with van der Waals surface area (Å²) in [5.41, 5.74) is 2.38. The number of aryl methyl sites for hydroxylation is 2. The molecule has 2 N–H and O–H groups in total. The molecule has 2 heterocycles. The third kappa shape index (κ3) is 5.02. The van der Waals surface area contributed by atoms with Crippen LogP contribution in [0.4, 0.5) is 0 Å². The van der Waals surface area contributed by atoms with Crippen LogP contribution >= 0.6 is 0 Å². The van der Waals surface area contributed by atoms with Gasteiger partial charge in [-0.25, -0.2) is 8.42 Å². The molecule has 0 saturated heterocycles. The molecule has 1 aliphatic heterocycles. The summed E-state index contributed by atoms with van der Waals surface area (Å²) in [4.78, 5) is 38.0. The Balaban J connectivity index is 1.58. The van der Waals surface area contributed by atoms with E-state index in [9.17, 15) is 22.8 Å². The van der Waals surface area contributed by atoms with Gasteiger partial charge in [0.25, 0.3) is 15.6 Å². The predicted molar refractivity (Wildman–Crippen MR) is 131 cm³/mol. The standard InChI is InChI=1S/C25H30N4O5S/c1-16-5-7-18(8-6-16)35(33,34)29-10-9-26-24(32)21(29)12-22(30)27-20-14-25(2,3)13-17-11-23(31)28(4)15-19(17)20/h5-11,15,20-21H,12-14H2,1-4H3,(H,26,32)(H,27,30)/t20-,21+/m0/s1. The number of rotatable bonds is 5. The lowest BCUT2D eigenvalue weighted by Gasteiger charge is -2.38. The number of hydrogen-bond donors (Lipinski definition) is 2. The molecule has 0 fully saturated rings. The van der Waals surface area contributed by atoms with E-state index in [1.807, 2.05) is 6.92 Å². The Kier molecular flexibility index (Phi) is 6.35. The van der Waals surface area contributed by atoms with Crippen LogP contribution in [0, 0.1) is 12.3 Å². The molecular weight excluding hydrogens is 468 g/mol. The van der Waals surface area contributed by atoms with Gasteiger partial charge in [0.1, 0.15) is 6.04 Å². The van der Waals surface area contributed by atoms with Gasteiger partial charge in [-0.2, -0.15) is 0 Å². The fraction of sp³-hybridized carbons (Fsp3) is 0.400. The molecule has 186 valence electrons. The van der Waals surface area contributed by atoms with Crippen molar-refractivity contribution in [2.24, 2.45) is 12.5 Å². The number of benzene rings is 1. The van der Waals surface area contributed by atoms with E-state index >= 15 is 0 Å². The van der Waals surface area contributed by atoms with E-state index < -0.39 is 27.9 Å². The molecular formula is C25H30N4O5S. The summed E-state index contributed by atoms with van der Waals surface area (Å²) >= 11 is 0. The molecule has 35 heavy (non-hydrogen) atoms. The van der Waals surface area contributed by atoms with Gasteiger partial charge in [-0.15, -0.1) is 0 Å². The Morgan fingerprint density at radius 3 is 2.57 bits per heavy atom. The van der Waals surface area contributed by atoms with Crippen LogP contribution in [-0.2, 0) is 33.1 Å². The molecule has 2 aromatic rings. The number of amides is 2. The van der Waals surface area contributed by atoms with Gasteiger partial charge < -0.3 is 15.2 Å². The molecule has 0 bridgehead atoms. The van der Waals surface area contributed by atoms with Crippen LogP contribution in [0.5, 0.6) is 0 Å². The molecule has 0 saturated carbocycles. The number of fused-ring (bicyclic) bond motifs is 1. The Bertz CT molecular complexity index is 1360. The van der Waals surface area contributed by atoms with Gasteiger partial charge in [0.15, 0.2) is 0 Å². The summed E-state index contributed by atoms with van der Waals surface area (Å²) in [5.74, 6) is -1.03. The van der Waals surface area contributed by atoms with Gasteiger partial charge >= 0.3 is 0 Å². The minimum Gasteiger partial charge on any atom is -0.349 e. The fourth-order valence-electron chi connectivity index (χ4n) is 4.73. The van der Waals surface area contributed by atoms with Gasteiger partial charge in [0.2, 0.25) is 11.8 Å². The van der Waals surface area contributed by atoms with Crippen LogP contribution in [0.25, 0.3) is 0 Å². The molecule has 0 spiro atoms. The monoisotopic (exact) mass is 498 g/mol. The van der Waals surface area contributed by atoms with Crippen LogP contribution in [0.15, 0.2) is 58.6 Å². The van der Waals surface area contributed by atoms with E-state index in [1.54, 1.807) is 31.4 Å². The van der Waals surface area contributed by atoms with E-state index in [2.05, 4.69) is 24.5 Å². The predicted octanol–water partition coefficient (Wildman–Crippen LogP) is 1.87. The second-order valence-corrected chi connectivity index (χ2v) is 11.9. The SMILES string of the molecule is Cc1ccc(S(=O)(=O)N2C=CNC(=O)[C@H]2CC(=O)N[C@H]2CC(C)(C)Cc3cc(=O)n(C)cc32)cc1. The highest BCUT2D eigenvalue weighted by Crippen LogP contribution is 2.40. The molecule has 1 aliphatic carbocycles. The number of aromatic nitrogens is 1. The molecule has 4 rings (SSSR count). The van der Waals surface area contributed by atoms with Crippen LogP contribution in [-0.4, -0.2) is 35.1 Å². The van der Waals surface area contributed by atoms with Crippen LogP contribution in [0.2, 0.25) is 0 Å². The largest absolute Gasteiger partial charge is 0.349 e. The average Bonchev–Trinajstić information content (AvgIpc) is 2.76. The molecule has 1 aromatic carbocycles. The van der Waals surface area contributed by atoms with E-state index in [0.717, 1.165) is 21.0 Å². The van der Waals surface area contributed by atoms with Crippen molar-refractivity contribution in [3.63, 3.8) is 0 Å². The first-order chi connectivity index (χ1) is 16.4. The Morgan fingerprint density at radius 2 is 1.89 bits per heavy atom. The third-order valence-electron chi connectivity index (χ3n) is 6.52. The van der Waals surface area contributed by atoms with Gasteiger partial charge in [-0.05, 0) is 48.4 Å². The summed E-state index contributed by atoms with van der Waals surface area (Å²) in [6.07, 6.45) is 5.27. The summed E-state index contributed by atoms with van der Waals surface area (Å²) < 4.78 is 29.0. The van der Waals surface area contributed by atoms with Crippen molar-refractivity contribution >= 4 is 21.8 Å². The number of nitrogens with one attached hydrogen (secondary N) is 2. The molecule has 1 aromatic heterocycles. The maximum absolute atomic E-state index is 13.3. The minimum absolute atomic E-state index is 0.0386. The summed E-state index contributed by atoms with van der Waals surface area (Å²) in [6.45, 7) is 5.99. The second kappa shape index (κ2) is 8.99. The number of sulfonamides is 1. The topological polar surface area (TPSA) is 118 Å². The average molecular weight is 499 g/mol. The number of pyridine rings is 1. The zero-order valence-corrected chi connectivity index (χ0v) is 21.1. The molecule has 0 unspecified atom stereocenters. The lowest BCUT2D eigenvalue weighted by atomic mass is 9.72. The highest BCUT2D eigenvalue weighted by atomic mass is 32.2. The zero-order chi connectivity index (χ0) is 25.5. The number of carbonyl (C=O) groups is 2.